The molecule has 128 valence electrons. The quantitative estimate of drug-likeness (QED) is 0.754. The Balaban J connectivity index is 1.73. The maximum Gasteiger partial charge on any atom is 0.260 e. The number of hydrogen-bond acceptors (Lipinski definition) is 6. The van der Waals surface area contributed by atoms with Gasteiger partial charge in [-0.3, -0.25) is 4.79 Å². The number of hydrogen-bond donors (Lipinski definition) is 2. The van der Waals surface area contributed by atoms with Crippen molar-refractivity contribution < 1.29 is 9.32 Å². The van der Waals surface area contributed by atoms with E-state index in [1.54, 1.807) is 13.0 Å². The molecule has 0 atom stereocenters. The lowest BCUT2D eigenvalue weighted by Crippen LogP contribution is -2.13. The summed E-state index contributed by atoms with van der Waals surface area (Å²) in [5, 5.41) is 9.56. The molecule has 2 heterocycles. The highest BCUT2D eigenvalue weighted by Crippen LogP contribution is 2.24. The second-order valence-electron chi connectivity index (χ2n) is 5.97. The van der Waals surface area contributed by atoms with E-state index in [1.807, 2.05) is 13.8 Å². The molecule has 7 heteroatoms. The topological polar surface area (TPSA) is 92.9 Å². The van der Waals surface area contributed by atoms with Crippen LogP contribution in [0.1, 0.15) is 32.8 Å². The molecule has 7 nitrogen and oxygen atoms in total. The fourth-order valence-corrected chi connectivity index (χ4v) is 2.61. The molecular weight excluding hydrogens is 318 g/mol. The zero-order valence-corrected chi connectivity index (χ0v) is 14.5. The summed E-state index contributed by atoms with van der Waals surface area (Å²) in [7, 11) is 0. The minimum atomic E-state index is -0.345. The first-order chi connectivity index (χ1) is 11.9. The second-order valence-corrected chi connectivity index (χ2v) is 5.97. The zero-order valence-electron chi connectivity index (χ0n) is 14.5. The Morgan fingerprint density at radius 1 is 1.00 bits per heavy atom. The van der Waals surface area contributed by atoms with Gasteiger partial charge in [0.25, 0.3) is 5.91 Å². The summed E-state index contributed by atoms with van der Waals surface area (Å²) in [6.07, 6.45) is 2.94. The van der Waals surface area contributed by atoms with Crippen molar-refractivity contribution in [1.82, 2.24) is 15.1 Å². The molecule has 0 unspecified atom stereocenters. The van der Waals surface area contributed by atoms with E-state index in [2.05, 4.69) is 44.8 Å². The summed E-state index contributed by atoms with van der Waals surface area (Å²) in [4.78, 5) is 20.6. The smallest absolute Gasteiger partial charge is 0.260 e. The number of nitrogens with zero attached hydrogens (tertiary/aromatic N) is 3. The number of anilines is 3. The summed E-state index contributed by atoms with van der Waals surface area (Å²) in [6.45, 7) is 7.87. The van der Waals surface area contributed by atoms with Crippen molar-refractivity contribution in [2.45, 2.75) is 27.7 Å². The van der Waals surface area contributed by atoms with Gasteiger partial charge in [0.2, 0.25) is 5.95 Å². The van der Waals surface area contributed by atoms with Crippen molar-refractivity contribution in [2.24, 2.45) is 0 Å². The number of carbonyl (C=O) groups is 1. The highest BCUT2D eigenvalue weighted by atomic mass is 16.5. The van der Waals surface area contributed by atoms with Gasteiger partial charge < -0.3 is 15.2 Å². The molecule has 0 aliphatic carbocycles. The van der Waals surface area contributed by atoms with Crippen molar-refractivity contribution in [3.05, 3.63) is 58.6 Å². The Labute approximate surface area is 145 Å². The van der Waals surface area contributed by atoms with E-state index < -0.39 is 0 Å². The lowest BCUT2D eigenvalue weighted by atomic mass is 10.1. The number of carbonyl (C=O) groups excluding carboxylic acids is 1. The molecule has 0 bridgehead atoms. The number of rotatable bonds is 4. The van der Waals surface area contributed by atoms with Crippen LogP contribution in [0.5, 0.6) is 0 Å². The highest BCUT2D eigenvalue weighted by Gasteiger charge is 2.11. The summed E-state index contributed by atoms with van der Waals surface area (Å²) in [5.74, 6) is 1.07. The number of aromatic nitrogens is 3. The number of nitrogens with one attached hydrogen (secondary N) is 2. The third-order valence-electron chi connectivity index (χ3n) is 3.70. The van der Waals surface area contributed by atoms with Crippen LogP contribution in [0.25, 0.3) is 0 Å². The fourth-order valence-electron chi connectivity index (χ4n) is 2.61. The molecule has 25 heavy (non-hydrogen) atoms. The van der Waals surface area contributed by atoms with Crippen LogP contribution < -0.4 is 10.6 Å². The van der Waals surface area contributed by atoms with Gasteiger partial charge >= 0.3 is 0 Å². The number of amides is 1. The summed E-state index contributed by atoms with van der Waals surface area (Å²) in [5.41, 5.74) is 4.75. The Morgan fingerprint density at radius 2 is 1.64 bits per heavy atom. The van der Waals surface area contributed by atoms with E-state index >= 15 is 0 Å². The Morgan fingerprint density at radius 3 is 2.20 bits per heavy atom. The first-order valence-corrected chi connectivity index (χ1v) is 7.84. The van der Waals surface area contributed by atoms with Crippen molar-refractivity contribution in [1.29, 1.82) is 0 Å². The van der Waals surface area contributed by atoms with E-state index in [9.17, 15) is 4.79 Å². The first kappa shape index (κ1) is 16.6. The average Bonchev–Trinajstić information content (AvgIpc) is 2.96. The molecule has 0 saturated heterocycles. The Kier molecular flexibility index (Phi) is 4.47. The van der Waals surface area contributed by atoms with Crippen LogP contribution in [-0.4, -0.2) is 21.0 Å². The predicted molar refractivity (Wildman–Crippen MR) is 95.2 cm³/mol. The van der Waals surface area contributed by atoms with Gasteiger partial charge in [0.15, 0.2) is 5.82 Å². The van der Waals surface area contributed by atoms with Crippen LogP contribution in [0, 0.1) is 27.7 Å². The van der Waals surface area contributed by atoms with Crippen molar-refractivity contribution in [3.63, 3.8) is 0 Å². The van der Waals surface area contributed by atoms with Crippen LogP contribution >= 0.6 is 0 Å². The Bertz CT molecular complexity index is 892. The van der Waals surface area contributed by atoms with Gasteiger partial charge in [0, 0.05) is 24.1 Å². The summed E-state index contributed by atoms with van der Waals surface area (Å²) >= 11 is 0. The average molecular weight is 337 g/mol. The molecule has 0 spiro atoms. The van der Waals surface area contributed by atoms with Crippen molar-refractivity contribution in [3.8, 4) is 0 Å². The van der Waals surface area contributed by atoms with Gasteiger partial charge in [-0.2, -0.15) is 0 Å². The van der Waals surface area contributed by atoms with Gasteiger partial charge in [-0.05, 0) is 38.8 Å². The van der Waals surface area contributed by atoms with E-state index in [4.69, 9.17) is 4.52 Å². The molecule has 0 aliphatic rings. The zero-order chi connectivity index (χ0) is 18.0. The maximum absolute atomic E-state index is 12.1. The highest BCUT2D eigenvalue weighted by molar-refractivity contribution is 6.03. The van der Waals surface area contributed by atoms with Gasteiger partial charge in [0.05, 0.1) is 5.56 Å². The van der Waals surface area contributed by atoms with Crippen LogP contribution in [0.4, 0.5) is 17.5 Å². The third kappa shape index (κ3) is 3.82. The minimum Gasteiger partial charge on any atom is -0.360 e. The number of aryl methyl sites for hydroxylation is 4. The molecule has 2 aromatic heterocycles. The molecule has 3 aromatic rings. The van der Waals surface area contributed by atoms with E-state index in [0.29, 0.717) is 23.1 Å². The van der Waals surface area contributed by atoms with Crippen molar-refractivity contribution in [2.75, 3.05) is 10.6 Å². The second kappa shape index (κ2) is 6.72. The fraction of sp³-hybridized carbons (Fsp3) is 0.222. The van der Waals surface area contributed by atoms with Crippen LogP contribution in [0.2, 0.25) is 0 Å². The minimum absolute atomic E-state index is 0.337. The normalized spacial score (nSPS) is 10.6. The maximum atomic E-state index is 12.1. The first-order valence-electron chi connectivity index (χ1n) is 7.84. The largest absolute Gasteiger partial charge is 0.360 e. The van der Waals surface area contributed by atoms with Crippen LogP contribution in [-0.2, 0) is 0 Å². The molecule has 0 aliphatic heterocycles. The molecule has 1 aromatic carbocycles. The molecular formula is C18H19N5O2. The molecule has 1 amide bonds. The van der Waals surface area contributed by atoms with E-state index in [0.717, 1.165) is 16.8 Å². The molecule has 0 saturated carbocycles. The van der Waals surface area contributed by atoms with Gasteiger partial charge in [-0.1, -0.05) is 22.9 Å². The van der Waals surface area contributed by atoms with Crippen LogP contribution in [0.3, 0.4) is 0 Å². The predicted octanol–water partition coefficient (Wildman–Crippen LogP) is 3.69. The molecule has 0 radical (unpaired) electrons. The number of benzene rings is 1. The van der Waals surface area contributed by atoms with E-state index in [-0.39, 0.29) is 5.91 Å². The molecule has 2 N–H and O–H groups in total. The van der Waals surface area contributed by atoms with Crippen molar-refractivity contribution >= 4 is 23.4 Å². The summed E-state index contributed by atoms with van der Waals surface area (Å²) < 4.78 is 4.91. The van der Waals surface area contributed by atoms with E-state index in [1.165, 1.54) is 18.0 Å². The summed E-state index contributed by atoms with van der Waals surface area (Å²) in [6, 6.07) is 5.83. The Hall–Kier alpha value is -3.22. The lowest BCUT2D eigenvalue weighted by Gasteiger charge is -2.12. The molecule has 0 fully saturated rings. The monoisotopic (exact) mass is 337 g/mol. The van der Waals surface area contributed by atoms with Gasteiger partial charge in [-0.25, -0.2) is 9.97 Å². The standard InChI is InChI=1S/C18H19N5O2/c1-10-5-11(2)16(12(3)6-10)22-18-19-8-14(9-20-18)17(24)21-15-7-13(4)25-23-15/h5-9H,1-4H3,(H,19,20,22)(H,21,23,24). The van der Waals surface area contributed by atoms with Gasteiger partial charge in [0.1, 0.15) is 5.76 Å². The lowest BCUT2D eigenvalue weighted by molar-refractivity contribution is 0.102. The van der Waals surface area contributed by atoms with Crippen LogP contribution in [0.15, 0.2) is 35.1 Å². The third-order valence-corrected chi connectivity index (χ3v) is 3.70. The SMILES string of the molecule is Cc1cc(C)c(Nc2ncc(C(=O)Nc3cc(C)on3)cn2)c(C)c1. The van der Waals surface area contributed by atoms with Gasteiger partial charge in [-0.15, -0.1) is 0 Å². The molecule has 3 rings (SSSR count).